The summed E-state index contributed by atoms with van der Waals surface area (Å²) in [5.74, 6) is 0.531. The van der Waals surface area contributed by atoms with E-state index in [2.05, 4.69) is 24.4 Å². The van der Waals surface area contributed by atoms with E-state index in [0.29, 0.717) is 12.5 Å². The fourth-order valence-electron chi connectivity index (χ4n) is 2.97. The van der Waals surface area contributed by atoms with Crippen molar-refractivity contribution >= 4 is 5.91 Å². The van der Waals surface area contributed by atoms with Crippen molar-refractivity contribution in [3.63, 3.8) is 0 Å². The Morgan fingerprint density at radius 3 is 2.55 bits per heavy atom. The molecule has 0 aliphatic heterocycles. The predicted molar refractivity (Wildman–Crippen MR) is 80.5 cm³/mol. The number of nitrogens with one attached hydrogen (secondary N) is 1. The topological polar surface area (TPSA) is 49.3 Å². The lowest BCUT2D eigenvalue weighted by atomic mass is 9.64. The van der Waals surface area contributed by atoms with Gasteiger partial charge in [0, 0.05) is 13.2 Å². The van der Waals surface area contributed by atoms with Crippen LogP contribution in [0.25, 0.3) is 0 Å². The van der Waals surface area contributed by atoms with E-state index in [4.69, 9.17) is 5.11 Å². The van der Waals surface area contributed by atoms with E-state index in [0.717, 1.165) is 37.7 Å². The Morgan fingerprint density at radius 1 is 1.35 bits per heavy atom. The molecule has 0 saturated heterocycles. The second-order valence-corrected chi connectivity index (χ2v) is 5.80. The lowest BCUT2D eigenvalue weighted by Gasteiger charge is -2.41. The molecule has 2 N–H and O–H groups in total. The highest BCUT2D eigenvalue weighted by atomic mass is 16.3. The standard InChI is InChI=1S/C17H25NO2/c1-2-14(9-12-19)13-18-16(20)17(10-6-11-17)15-7-4-3-5-8-15/h3-5,7-8,14,19H,2,6,9-13H2,1H3,(H,18,20). The Morgan fingerprint density at radius 2 is 2.05 bits per heavy atom. The third-order valence-corrected chi connectivity index (χ3v) is 4.63. The summed E-state index contributed by atoms with van der Waals surface area (Å²) in [4.78, 5) is 12.6. The summed E-state index contributed by atoms with van der Waals surface area (Å²) in [5, 5.41) is 12.1. The molecular weight excluding hydrogens is 250 g/mol. The van der Waals surface area contributed by atoms with Gasteiger partial charge in [0.25, 0.3) is 0 Å². The maximum Gasteiger partial charge on any atom is 0.230 e. The smallest absolute Gasteiger partial charge is 0.230 e. The molecule has 0 bridgehead atoms. The Bertz CT molecular complexity index is 426. The number of hydrogen-bond acceptors (Lipinski definition) is 2. The van der Waals surface area contributed by atoms with Gasteiger partial charge >= 0.3 is 0 Å². The van der Waals surface area contributed by atoms with Gasteiger partial charge in [-0.25, -0.2) is 0 Å². The van der Waals surface area contributed by atoms with Crippen LogP contribution < -0.4 is 5.32 Å². The molecule has 0 radical (unpaired) electrons. The monoisotopic (exact) mass is 275 g/mol. The molecule has 1 aliphatic carbocycles. The summed E-state index contributed by atoms with van der Waals surface area (Å²) >= 11 is 0. The molecule has 1 atom stereocenters. The Hall–Kier alpha value is -1.35. The third kappa shape index (κ3) is 3.04. The van der Waals surface area contributed by atoms with Crippen LogP contribution >= 0.6 is 0 Å². The number of aliphatic hydroxyl groups is 1. The van der Waals surface area contributed by atoms with Crippen LogP contribution in [0.15, 0.2) is 30.3 Å². The van der Waals surface area contributed by atoms with E-state index in [-0.39, 0.29) is 17.9 Å². The zero-order valence-corrected chi connectivity index (χ0v) is 12.3. The molecule has 2 rings (SSSR count). The van der Waals surface area contributed by atoms with Crippen molar-refractivity contribution < 1.29 is 9.90 Å². The average Bonchev–Trinajstić information content (AvgIpc) is 2.43. The van der Waals surface area contributed by atoms with Crippen LogP contribution in [0.2, 0.25) is 0 Å². The van der Waals surface area contributed by atoms with Crippen LogP contribution in [0.3, 0.4) is 0 Å². The van der Waals surface area contributed by atoms with Gasteiger partial charge in [0.05, 0.1) is 5.41 Å². The van der Waals surface area contributed by atoms with E-state index in [1.54, 1.807) is 0 Å². The van der Waals surface area contributed by atoms with Gasteiger partial charge in [-0.3, -0.25) is 4.79 Å². The van der Waals surface area contributed by atoms with Crippen LogP contribution in [0.5, 0.6) is 0 Å². The molecule has 0 spiro atoms. The lowest BCUT2D eigenvalue weighted by molar-refractivity contribution is -0.130. The molecule has 1 saturated carbocycles. The summed E-state index contributed by atoms with van der Waals surface area (Å²) in [5.41, 5.74) is 0.831. The summed E-state index contributed by atoms with van der Waals surface area (Å²) in [7, 11) is 0. The van der Waals surface area contributed by atoms with Gasteiger partial charge in [0.2, 0.25) is 5.91 Å². The maximum atomic E-state index is 12.6. The fourth-order valence-corrected chi connectivity index (χ4v) is 2.97. The van der Waals surface area contributed by atoms with Crippen LogP contribution in [-0.2, 0) is 10.2 Å². The Balaban J connectivity index is 2.00. The third-order valence-electron chi connectivity index (χ3n) is 4.63. The van der Waals surface area contributed by atoms with E-state index < -0.39 is 0 Å². The number of carbonyl (C=O) groups is 1. The second-order valence-electron chi connectivity index (χ2n) is 5.80. The maximum absolute atomic E-state index is 12.6. The average molecular weight is 275 g/mol. The second kappa shape index (κ2) is 6.89. The Labute approximate surface area is 121 Å². The van der Waals surface area contributed by atoms with Gasteiger partial charge in [-0.1, -0.05) is 50.1 Å². The summed E-state index contributed by atoms with van der Waals surface area (Å²) in [6.07, 6.45) is 4.75. The zero-order chi connectivity index (χ0) is 14.4. The molecule has 20 heavy (non-hydrogen) atoms. The van der Waals surface area contributed by atoms with Crippen molar-refractivity contribution in [3.05, 3.63) is 35.9 Å². The summed E-state index contributed by atoms with van der Waals surface area (Å²) in [6, 6.07) is 10.1. The first-order valence-corrected chi connectivity index (χ1v) is 7.67. The normalized spacial score (nSPS) is 18.1. The molecule has 0 aromatic heterocycles. The van der Waals surface area contributed by atoms with Crippen molar-refractivity contribution in [2.45, 2.75) is 44.4 Å². The van der Waals surface area contributed by atoms with Gasteiger partial charge in [-0.2, -0.15) is 0 Å². The molecule has 1 aromatic rings. The first-order valence-electron chi connectivity index (χ1n) is 7.67. The van der Waals surface area contributed by atoms with Crippen molar-refractivity contribution in [1.29, 1.82) is 0 Å². The zero-order valence-electron chi connectivity index (χ0n) is 12.3. The number of amides is 1. The SMILES string of the molecule is CCC(CCO)CNC(=O)C1(c2ccccc2)CCC1. The van der Waals surface area contributed by atoms with Crippen LogP contribution in [0, 0.1) is 5.92 Å². The minimum Gasteiger partial charge on any atom is -0.396 e. The minimum atomic E-state index is -0.307. The van der Waals surface area contributed by atoms with Gasteiger partial charge < -0.3 is 10.4 Å². The molecule has 1 aliphatic rings. The van der Waals surface area contributed by atoms with E-state index in [1.807, 2.05) is 18.2 Å². The van der Waals surface area contributed by atoms with E-state index >= 15 is 0 Å². The number of carbonyl (C=O) groups excluding carboxylic acids is 1. The van der Waals surface area contributed by atoms with Crippen molar-refractivity contribution in [2.75, 3.05) is 13.2 Å². The van der Waals surface area contributed by atoms with Gasteiger partial charge in [-0.15, -0.1) is 0 Å². The molecule has 110 valence electrons. The van der Waals surface area contributed by atoms with Gasteiger partial charge in [0.15, 0.2) is 0 Å². The molecule has 1 fully saturated rings. The van der Waals surface area contributed by atoms with Crippen LogP contribution in [-0.4, -0.2) is 24.2 Å². The lowest BCUT2D eigenvalue weighted by Crippen LogP contribution is -2.50. The molecule has 1 amide bonds. The number of rotatable bonds is 7. The highest BCUT2D eigenvalue weighted by molar-refractivity contribution is 5.89. The molecule has 0 heterocycles. The van der Waals surface area contributed by atoms with E-state index in [9.17, 15) is 4.79 Å². The Kier molecular flexibility index (Phi) is 5.18. The molecular formula is C17H25NO2. The first-order chi connectivity index (χ1) is 9.73. The number of benzene rings is 1. The largest absolute Gasteiger partial charge is 0.396 e. The summed E-state index contributed by atoms with van der Waals surface area (Å²) in [6.45, 7) is 2.96. The highest BCUT2D eigenvalue weighted by Gasteiger charge is 2.45. The molecule has 3 nitrogen and oxygen atoms in total. The van der Waals surface area contributed by atoms with Gasteiger partial charge in [0.1, 0.15) is 0 Å². The quantitative estimate of drug-likeness (QED) is 0.803. The van der Waals surface area contributed by atoms with Crippen LogP contribution in [0.1, 0.15) is 44.6 Å². The fraction of sp³-hybridized carbons (Fsp3) is 0.588. The van der Waals surface area contributed by atoms with Crippen LogP contribution in [0.4, 0.5) is 0 Å². The molecule has 3 heteroatoms. The minimum absolute atomic E-state index is 0.159. The first kappa shape index (κ1) is 15.0. The number of hydrogen-bond donors (Lipinski definition) is 2. The number of aliphatic hydroxyl groups excluding tert-OH is 1. The molecule has 1 unspecified atom stereocenters. The summed E-state index contributed by atoms with van der Waals surface area (Å²) < 4.78 is 0. The van der Waals surface area contributed by atoms with Crippen molar-refractivity contribution in [2.24, 2.45) is 5.92 Å². The van der Waals surface area contributed by atoms with Crippen molar-refractivity contribution in [1.82, 2.24) is 5.32 Å². The molecule has 1 aromatic carbocycles. The van der Waals surface area contributed by atoms with E-state index in [1.165, 1.54) is 0 Å². The van der Waals surface area contributed by atoms with Gasteiger partial charge in [-0.05, 0) is 30.7 Å². The highest BCUT2D eigenvalue weighted by Crippen LogP contribution is 2.43. The predicted octanol–water partition coefficient (Wildman–Crippen LogP) is 2.63. The van der Waals surface area contributed by atoms with Crippen molar-refractivity contribution in [3.8, 4) is 0 Å².